The third-order valence-corrected chi connectivity index (χ3v) is 2.55. The fourth-order valence-corrected chi connectivity index (χ4v) is 1.46. The molecule has 0 amide bonds. The first-order valence-electron chi connectivity index (χ1n) is 4.55. The summed E-state index contributed by atoms with van der Waals surface area (Å²) in [4.78, 5) is 0. The van der Waals surface area contributed by atoms with Crippen molar-refractivity contribution in [2.45, 2.75) is 24.2 Å². The average Bonchev–Trinajstić information content (AvgIpc) is 2.24. The molecule has 0 aliphatic heterocycles. The summed E-state index contributed by atoms with van der Waals surface area (Å²) in [5.41, 5.74) is 0. The summed E-state index contributed by atoms with van der Waals surface area (Å²) in [7, 11) is 0. The highest BCUT2D eigenvalue weighted by atomic mass is 79.9. The molecule has 0 bridgehead atoms. The summed E-state index contributed by atoms with van der Waals surface area (Å²) in [5.74, 6) is -19.4. The Hall–Kier alpha value is -0.600. The van der Waals surface area contributed by atoms with Gasteiger partial charge in [-0.15, -0.1) is 0 Å². The molecule has 0 aliphatic rings. The zero-order chi connectivity index (χ0) is 19.0. The Kier molecular flexibility index (Phi) is 6.55. The number of alkyl halides is 10. The molecule has 0 saturated carbocycles. The molecule has 0 rings (SSSR count). The first-order valence-corrected chi connectivity index (χ1v) is 6.14. The van der Waals surface area contributed by atoms with Crippen molar-refractivity contribution in [2.75, 3.05) is 0 Å². The molecular weight excluding hydrogens is 500 g/mol. The first kappa shape index (κ1) is 22.4. The summed E-state index contributed by atoms with van der Waals surface area (Å²) < 4.78 is 147. The van der Waals surface area contributed by atoms with Crippen molar-refractivity contribution in [1.29, 1.82) is 0 Å². The Morgan fingerprint density at radius 1 is 0.565 bits per heavy atom. The molecule has 0 aromatic carbocycles. The maximum Gasteiger partial charge on any atom is 0.461 e. The lowest BCUT2D eigenvalue weighted by molar-refractivity contribution is -0.291. The number of allylic oxidation sites excluding steroid dienone is 2. The smallest absolute Gasteiger partial charge is 0.445 e. The van der Waals surface area contributed by atoms with Crippen LogP contribution in [0.15, 0.2) is 21.0 Å². The van der Waals surface area contributed by atoms with Crippen LogP contribution in [-0.2, 0) is 4.74 Å². The monoisotopic (exact) mass is 498 g/mol. The zero-order valence-electron chi connectivity index (χ0n) is 9.70. The highest BCUT2D eigenvalue weighted by Gasteiger charge is 2.67. The largest absolute Gasteiger partial charge is 0.461 e. The second-order valence-corrected chi connectivity index (χ2v) is 4.82. The predicted octanol–water partition coefficient (Wildman–Crippen LogP) is 6.47. The van der Waals surface area contributed by atoms with Crippen LogP contribution in [0.5, 0.6) is 0 Å². The molecule has 23 heavy (non-hydrogen) atoms. The number of halogens is 14. The Morgan fingerprint density at radius 2 is 0.783 bits per heavy atom. The minimum absolute atomic E-state index is 1.39. The highest BCUT2D eigenvalue weighted by Crippen LogP contribution is 2.49. The maximum atomic E-state index is 12.9. The molecule has 0 unspecified atom stereocenters. The van der Waals surface area contributed by atoms with Gasteiger partial charge in [0.15, 0.2) is 0 Å². The Morgan fingerprint density at radius 3 is 0.913 bits per heavy atom. The van der Waals surface area contributed by atoms with E-state index in [1.54, 1.807) is 0 Å². The first-order chi connectivity index (χ1) is 9.87. The summed E-state index contributed by atoms with van der Waals surface area (Å²) in [6.45, 7) is 0. The summed E-state index contributed by atoms with van der Waals surface area (Å²) >= 11 is 2.77. The molecule has 1 nitrogen and oxygen atoms in total. The summed E-state index contributed by atoms with van der Waals surface area (Å²) in [6.07, 6.45) is -13.3. The minimum atomic E-state index is -6.64. The van der Waals surface area contributed by atoms with E-state index in [2.05, 4.69) is 4.74 Å². The van der Waals surface area contributed by atoms with Crippen LogP contribution in [0.3, 0.4) is 0 Å². The Labute approximate surface area is 135 Å². The van der Waals surface area contributed by atoms with Gasteiger partial charge in [-0.25, -0.2) is 0 Å². The molecule has 0 radical (unpaired) electrons. The van der Waals surface area contributed by atoms with Crippen molar-refractivity contribution < 1.29 is 57.4 Å². The molecule has 0 aromatic rings. The molecule has 0 aromatic heterocycles. The third kappa shape index (κ3) is 4.70. The van der Waals surface area contributed by atoms with Crippen molar-refractivity contribution in [3.05, 3.63) is 21.0 Å². The van der Waals surface area contributed by atoms with Crippen LogP contribution in [0.1, 0.15) is 0 Å². The molecular formula is C8Br2F12O. The van der Waals surface area contributed by atoms with Gasteiger partial charge in [-0.3, -0.25) is 0 Å². The maximum absolute atomic E-state index is 12.9. The van der Waals surface area contributed by atoms with E-state index in [1.165, 1.54) is 31.9 Å². The van der Waals surface area contributed by atoms with Crippen molar-refractivity contribution in [1.82, 2.24) is 0 Å². The van der Waals surface area contributed by atoms with Gasteiger partial charge < -0.3 is 4.74 Å². The topological polar surface area (TPSA) is 9.23 Å². The summed E-state index contributed by atoms with van der Waals surface area (Å²) in [5, 5.41) is 0. The number of hydrogen-bond acceptors (Lipinski definition) is 1. The van der Waals surface area contributed by atoms with E-state index < -0.39 is 45.2 Å². The molecule has 0 fully saturated rings. The van der Waals surface area contributed by atoms with Crippen molar-refractivity contribution in [3.63, 3.8) is 0 Å². The van der Waals surface area contributed by atoms with Crippen LogP contribution in [0.25, 0.3) is 0 Å². The SMILES string of the molecule is FC(Br)=C(OC(=C(F)Br)C(F)(F)C(F)(F)F)C(F)(F)C(F)(F)F. The van der Waals surface area contributed by atoms with Gasteiger partial charge in [0.05, 0.1) is 0 Å². The van der Waals surface area contributed by atoms with E-state index >= 15 is 0 Å². The van der Waals surface area contributed by atoms with E-state index in [1.807, 2.05) is 0 Å². The Bertz CT molecular complexity index is 460. The van der Waals surface area contributed by atoms with Crippen LogP contribution in [0, 0.1) is 0 Å². The lowest BCUT2D eigenvalue weighted by Crippen LogP contribution is -2.43. The van der Waals surface area contributed by atoms with Crippen molar-refractivity contribution >= 4 is 31.9 Å². The predicted molar refractivity (Wildman–Crippen MR) is 57.2 cm³/mol. The van der Waals surface area contributed by atoms with E-state index in [-0.39, 0.29) is 0 Å². The van der Waals surface area contributed by atoms with E-state index in [4.69, 9.17) is 0 Å². The van der Waals surface area contributed by atoms with Gasteiger partial charge in [0.25, 0.3) is 0 Å². The van der Waals surface area contributed by atoms with Gasteiger partial charge >= 0.3 is 24.2 Å². The normalized spacial score (nSPS) is 16.8. The number of ether oxygens (including phenoxy) is 1. The van der Waals surface area contributed by atoms with Gasteiger partial charge in [0.2, 0.25) is 21.0 Å². The quantitative estimate of drug-likeness (QED) is 0.318. The van der Waals surface area contributed by atoms with Crippen molar-refractivity contribution in [2.24, 2.45) is 0 Å². The second-order valence-electron chi connectivity index (χ2n) is 3.43. The highest BCUT2D eigenvalue weighted by molar-refractivity contribution is 9.11. The van der Waals surface area contributed by atoms with Crippen LogP contribution in [0.2, 0.25) is 0 Å². The fourth-order valence-electron chi connectivity index (χ4n) is 0.802. The van der Waals surface area contributed by atoms with Gasteiger partial charge in [0.1, 0.15) is 0 Å². The molecule has 0 aliphatic carbocycles. The van der Waals surface area contributed by atoms with Gasteiger partial charge in [-0.05, 0) is 31.9 Å². The average molecular weight is 500 g/mol. The number of hydrogen-bond donors (Lipinski definition) is 0. The lowest BCUT2D eigenvalue weighted by atomic mass is 10.2. The molecule has 0 N–H and O–H groups in total. The van der Waals surface area contributed by atoms with Gasteiger partial charge in [-0.1, -0.05) is 0 Å². The molecule has 0 atom stereocenters. The van der Waals surface area contributed by atoms with Crippen LogP contribution in [0.4, 0.5) is 52.7 Å². The summed E-state index contributed by atoms with van der Waals surface area (Å²) in [6, 6.07) is 0. The zero-order valence-corrected chi connectivity index (χ0v) is 12.9. The molecule has 0 spiro atoms. The van der Waals surface area contributed by atoms with Gasteiger partial charge in [-0.2, -0.15) is 52.7 Å². The van der Waals surface area contributed by atoms with Crippen LogP contribution < -0.4 is 0 Å². The van der Waals surface area contributed by atoms with Crippen LogP contribution >= 0.6 is 31.9 Å². The minimum Gasteiger partial charge on any atom is -0.445 e. The third-order valence-electron chi connectivity index (χ3n) is 1.83. The van der Waals surface area contributed by atoms with Gasteiger partial charge in [0, 0.05) is 0 Å². The van der Waals surface area contributed by atoms with Crippen molar-refractivity contribution in [3.8, 4) is 0 Å². The fraction of sp³-hybridized carbons (Fsp3) is 0.500. The van der Waals surface area contributed by atoms with Crippen LogP contribution in [-0.4, -0.2) is 24.2 Å². The number of rotatable bonds is 4. The molecule has 15 heteroatoms. The lowest BCUT2D eigenvalue weighted by Gasteiger charge is -2.26. The molecule has 136 valence electrons. The second kappa shape index (κ2) is 6.72. The molecule has 0 saturated heterocycles. The standard InChI is InChI=1S/C8Br2F12O/c9-3(11)1(5(13,14)7(17,18)19)23-2(4(10)12)6(15,16)8(20,21)22. The van der Waals surface area contributed by atoms with E-state index in [9.17, 15) is 52.7 Å². The Balaban J connectivity index is 6.17. The molecule has 0 heterocycles. The van der Waals surface area contributed by atoms with E-state index in [0.717, 1.165) is 0 Å². The van der Waals surface area contributed by atoms with E-state index in [0.29, 0.717) is 0 Å².